The van der Waals surface area contributed by atoms with E-state index in [9.17, 15) is 9.90 Å². The molecule has 0 unspecified atom stereocenters. The highest BCUT2D eigenvalue weighted by atomic mass is 16.5. The maximum Gasteiger partial charge on any atom is 0.324 e. The first-order chi connectivity index (χ1) is 19.2. The van der Waals surface area contributed by atoms with Crippen molar-refractivity contribution in [2.45, 2.75) is 33.1 Å². The summed E-state index contributed by atoms with van der Waals surface area (Å²) >= 11 is 0. The second-order valence-electron chi connectivity index (χ2n) is 11.1. The van der Waals surface area contributed by atoms with Crippen molar-refractivity contribution in [1.29, 1.82) is 0 Å². The minimum atomic E-state index is -0.399. The van der Waals surface area contributed by atoms with Gasteiger partial charge in [0.05, 0.1) is 30.3 Å². The summed E-state index contributed by atoms with van der Waals surface area (Å²) in [7, 11) is 0. The number of carbonyl (C=O) groups excluding carboxylic acids is 1. The van der Waals surface area contributed by atoms with E-state index in [4.69, 9.17) is 14.6 Å². The van der Waals surface area contributed by atoms with Crippen LogP contribution in [0, 0.1) is 6.92 Å². The van der Waals surface area contributed by atoms with Crippen molar-refractivity contribution in [1.82, 2.24) is 14.7 Å². The van der Waals surface area contributed by atoms with Gasteiger partial charge >= 0.3 is 6.03 Å². The maximum absolute atomic E-state index is 13.3. The molecule has 0 spiro atoms. The van der Waals surface area contributed by atoms with Crippen LogP contribution < -0.4 is 15.4 Å². The summed E-state index contributed by atoms with van der Waals surface area (Å²) in [5.41, 5.74) is 2.66. The van der Waals surface area contributed by atoms with Crippen LogP contribution in [0.4, 0.5) is 16.3 Å². The number of rotatable bonds is 7. The first-order valence-electron chi connectivity index (χ1n) is 13.6. The fourth-order valence-electron chi connectivity index (χ4n) is 4.65. The molecule has 0 atom stereocenters. The third-order valence-corrected chi connectivity index (χ3v) is 7.06. The van der Waals surface area contributed by atoms with Crippen LogP contribution in [-0.4, -0.2) is 65.3 Å². The Balaban J connectivity index is 1.35. The van der Waals surface area contributed by atoms with Crippen molar-refractivity contribution < 1.29 is 19.4 Å². The van der Waals surface area contributed by atoms with E-state index in [2.05, 4.69) is 36.3 Å². The van der Waals surface area contributed by atoms with Crippen molar-refractivity contribution in [2.24, 2.45) is 0 Å². The molecule has 9 nitrogen and oxygen atoms in total. The van der Waals surface area contributed by atoms with Crippen molar-refractivity contribution in [2.75, 3.05) is 50.1 Å². The van der Waals surface area contributed by atoms with Crippen LogP contribution in [0.5, 0.6) is 11.5 Å². The quantitative estimate of drug-likeness (QED) is 0.277. The zero-order valence-corrected chi connectivity index (χ0v) is 23.5. The molecule has 0 aliphatic carbocycles. The van der Waals surface area contributed by atoms with Gasteiger partial charge in [0.2, 0.25) is 0 Å². The van der Waals surface area contributed by atoms with E-state index in [0.29, 0.717) is 23.8 Å². The fraction of sp³-hybridized carbons (Fsp3) is 0.355. The normalized spacial score (nSPS) is 14.3. The van der Waals surface area contributed by atoms with Gasteiger partial charge in [-0.3, -0.25) is 10.2 Å². The molecule has 210 valence electrons. The van der Waals surface area contributed by atoms with Gasteiger partial charge in [0.15, 0.2) is 0 Å². The van der Waals surface area contributed by atoms with Crippen LogP contribution in [0.15, 0.2) is 60.7 Å². The molecular weight excluding hydrogens is 506 g/mol. The summed E-state index contributed by atoms with van der Waals surface area (Å²) in [4.78, 5) is 15.6. The lowest BCUT2D eigenvalue weighted by atomic mass is 9.92. The molecule has 1 saturated heterocycles. The average Bonchev–Trinajstić information content (AvgIpc) is 3.36. The van der Waals surface area contributed by atoms with E-state index < -0.39 is 6.03 Å². The number of aromatic hydroxyl groups is 1. The Labute approximate surface area is 234 Å². The Morgan fingerprint density at radius 1 is 1.02 bits per heavy atom. The van der Waals surface area contributed by atoms with Gasteiger partial charge in [-0.05, 0) is 30.7 Å². The van der Waals surface area contributed by atoms with E-state index >= 15 is 0 Å². The van der Waals surface area contributed by atoms with Gasteiger partial charge in [0.25, 0.3) is 0 Å². The Kier molecular flexibility index (Phi) is 7.95. The Morgan fingerprint density at radius 2 is 1.77 bits per heavy atom. The van der Waals surface area contributed by atoms with Crippen molar-refractivity contribution in [3.8, 4) is 17.2 Å². The molecule has 1 aliphatic heterocycles. The van der Waals surface area contributed by atoms with Crippen LogP contribution in [0.2, 0.25) is 0 Å². The van der Waals surface area contributed by atoms with E-state index in [1.165, 1.54) is 0 Å². The first-order valence-corrected chi connectivity index (χ1v) is 13.6. The van der Waals surface area contributed by atoms with Crippen LogP contribution >= 0.6 is 0 Å². The van der Waals surface area contributed by atoms with Gasteiger partial charge in [-0.15, -0.1) is 0 Å². The molecule has 2 amide bonds. The minimum absolute atomic E-state index is 0.166. The number of urea groups is 1. The second kappa shape index (κ2) is 11.6. The number of fused-ring (bicyclic) bond motifs is 1. The zero-order chi connectivity index (χ0) is 28.3. The fourth-order valence-corrected chi connectivity index (χ4v) is 4.65. The number of phenolic OH excluding ortho intramolecular Hbond substituents is 1. The van der Waals surface area contributed by atoms with Crippen LogP contribution in [0.3, 0.4) is 0 Å². The Bertz CT molecular complexity index is 1500. The number of aryl methyl sites for hydroxylation is 1. The number of morpholine rings is 1. The monoisotopic (exact) mass is 543 g/mol. The summed E-state index contributed by atoms with van der Waals surface area (Å²) in [6.45, 7) is 12.8. The van der Waals surface area contributed by atoms with Crippen molar-refractivity contribution in [3.05, 3.63) is 71.9 Å². The van der Waals surface area contributed by atoms with Gasteiger partial charge in [-0.1, -0.05) is 51.1 Å². The number of ether oxygens (including phenoxy) is 2. The molecule has 3 aromatic carbocycles. The summed E-state index contributed by atoms with van der Waals surface area (Å²) in [5.74, 6) is 1.44. The molecular formula is C31H37N5O4. The Morgan fingerprint density at radius 3 is 2.50 bits per heavy atom. The molecule has 9 heteroatoms. The first kappa shape index (κ1) is 27.5. The average molecular weight is 544 g/mol. The molecule has 1 aliphatic rings. The van der Waals surface area contributed by atoms with Crippen molar-refractivity contribution >= 4 is 28.3 Å². The van der Waals surface area contributed by atoms with Gasteiger partial charge in [0.1, 0.15) is 23.9 Å². The van der Waals surface area contributed by atoms with Gasteiger partial charge in [0, 0.05) is 48.0 Å². The number of benzene rings is 3. The van der Waals surface area contributed by atoms with E-state index in [-0.39, 0.29) is 11.2 Å². The lowest BCUT2D eigenvalue weighted by Crippen LogP contribution is -2.38. The lowest BCUT2D eigenvalue weighted by molar-refractivity contribution is 0.0323. The smallest absolute Gasteiger partial charge is 0.324 e. The molecule has 0 radical (unpaired) electrons. The molecule has 4 aromatic rings. The molecule has 40 heavy (non-hydrogen) atoms. The number of nitrogens with zero attached hydrogens (tertiary/aromatic N) is 3. The Hall–Kier alpha value is -4.08. The number of nitrogens with one attached hydrogen (secondary N) is 2. The minimum Gasteiger partial charge on any atom is -0.508 e. The van der Waals surface area contributed by atoms with Crippen LogP contribution in [-0.2, 0) is 10.2 Å². The SMILES string of the molecule is Cc1ccc(-n2nc(C(C)(C)C)cc2NC(=O)Nc2ccc(OCCN3CCOCC3)c3ccccc23)cc1O. The second-order valence-corrected chi connectivity index (χ2v) is 11.1. The van der Waals surface area contributed by atoms with Crippen LogP contribution in [0.1, 0.15) is 32.0 Å². The lowest BCUT2D eigenvalue weighted by Gasteiger charge is -2.26. The molecule has 5 rings (SSSR count). The number of carbonyl (C=O) groups is 1. The van der Waals surface area contributed by atoms with Gasteiger partial charge in [-0.25, -0.2) is 9.48 Å². The number of phenols is 1. The third-order valence-electron chi connectivity index (χ3n) is 7.06. The summed E-state index contributed by atoms with van der Waals surface area (Å²) in [6.07, 6.45) is 0. The molecule has 2 heterocycles. The predicted molar refractivity (Wildman–Crippen MR) is 158 cm³/mol. The van der Waals surface area contributed by atoms with E-state index in [1.807, 2.05) is 61.5 Å². The molecule has 3 N–H and O–H groups in total. The van der Waals surface area contributed by atoms with Crippen LogP contribution in [0.25, 0.3) is 16.5 Å². The third kappa shape index (κ3) is 6.21. The number of hydrogen-bond donors (Lipinski definition) is 3. The predicted octanol–water partition coefficient (Wildman–Crippen LogP) is 5.69. The number of amides is 2. The number of aromatic nitrogens is 2. The van der Waals surface area contributed by atoms with E-state index in [0.717, 1.165) is 60.6 Å². The summed E-state index contributed by atoms with van der Waals surface area (Å²) in [5, 5.41) is 22.8. The number of anilines is 2. The molecule has 0 saturated carbocycles. The molecule has 1 aromatic heterocycles. The standard InChI is InChI=1S/C31H37N5O4/c1-21-9-10-22(19-26(21)37)36-29(20-28(34-36)31(2,3)4)33-30(38)32-25-11-12-27(24-8-6-5-7-23(24)25)40-18-15-35-13-16-39-17-14-35/h5-12,19-20,37H,13-18H2,1-4H3,(H2,32,33,38). The largest absolute Gasteiger partial charge is 0.508 e. The number of hydrogen-bond acceptors (Lipinski definition) is 6. The highest BCUT2D eigenvalue weighted by molar-refractivity contribution is 6.07. The zero-order valence-electron chi connectivity index (χ0n) is 23.5. The highest BCUT2D eigenvalue weighted by Crippen LogP contribution is 2.32. The van der Waals surface area contributed by atoms with Gasteiger partial charge in [-0.2, -0.15) is 5.10 Å². The van der Waals surface area contributed by atoms with Gasteiger partial charge < -0.3 is 19.9 Å². The molecule has 1 fully saturated rings. The maximum atomic E-state index is 13.3. The van der Waals surface area contributed by atoms with E-state index in [1.54, 1.807) is 10.7 Å². The highest BCUT2D eigenvalue weighted by Gasteiger charge is 2.22. The summed E-state index contributed by atoms with van der Waals surface area (Å²) in [6, 6.07) is 18.4. The van der Waals surface area contributed by atoms with Crippen molar-refractivity contribution in [3.63, 3.8) is 0 Å². The summed E-state index contributed by atoms with van der Waals surface area (Å²) < 4.78 is 13.2. The molecule has 0 bridgehead atoms. The topological polar surface area (TPSA) is 101 Å².